The molecule has 1 aromatic heterocycles. The lowest BCUT2D eigenvalue weighted by Crippen LogP contribution is -3.18. The molecule has 0 spiro atoms. The van der Waals surface area contributed by atoms with E-state index in [1.165, 1.54) is 0 Å². The number of carbonyl (C=O) groups is 1. The third-order valence-corrected chi connectivity index (χ3v) is 8.28. The number of aromatic nitrogens is 1. The molecule has 2 bridgehead atoms. The molecule has 11 atom stereocenters. The second kappa shape index (κ2) is 9.29. The lowest BCUT2D eigenvalue weighted by molar-refractivity contribution is -0.893. The van der Waals surface area contributed by atoms with Gasteiger partial charge in [-0.3, -0.25) is 9.64 Å². The number of carboxylic acids is 1. The number of fused-ring (bicyclic) bond motifs is 7. The second-order valence-electron chi connectivity index (χ2n) is 10.2. The number of hydrogen-bond donors (Lipinski definition) is 6. The van der Waals surface area contributed by atoms with Crippen LogP contribution in [0.3, 0.4) is 0 Å². The zero-order valence-corrected chi connectivity index (χ0v) is 19.9. The van der Waals surface area contributed by atoms with Gasteiger partial charge in [0.25, 0.3) is 0 Å². The van der Waals surface area contributed by atoms with Gasteiger partial charge in [-0.15, -0.1) is 6.58 Å². The Labute approximate surface area is 211 Å². The van der Waals surface area contributed by atoms with Gasteiger partial charge in [0, 0.05) is 28.5 Å². The fourth-order valence-corrected chi connectivity index (χ4v) is 6.43. The molecule has 4 aliphatic heterocycles. The molecule has 0 amide bonds. The smallest absolute Gasteiger partial charge is 0.207 e. The molecule has 5 heterocycles. The van der Waals surface area contributed by atoms with E-state index in [1.807, 2.05) is 24.3 Å². The molecule has 4 aliphatic rings. The Hall–Kier alpha value is -2.61. The van der Waals surface area contributed by atoms with Crippen LogP contribution in [0.5, 0.6) is 0 Å². The van der Waals surface area contributed by atoms with Crippen LogP contribution in [0.25, 0.3) is 22.7 Å². The van der Waals surface area contributed by atoms with Crippen LogP contribution < -0.4 is 20.6 Å². The van der Waals surface area contributed by atoms with E-state index < -0.39 is 73.6 Å². The van der Waals surface area contributed by atoms with Crippen LogP contribution in [0.15, 0.2) is 36.9 Å². The zero-order valence-electron chi connectivity index (χ0n) is 19.9. The van der Waals surface area contributed by atoms with Crippen LogP contribution in [-0.4, -0.2) is 87.8 Å². The molecule has 11 heteroatoms. The van der Waals surface area contributed by atoms with Crippen molar-refractivity contribution < 1.29 is 49.4 Å². The number of nitrogens with one attached hydrogen (secondary N) is 2. The molecule has 0 saturated carbocycles. The van der Waals surface area contributed by atoms with Crippen molar-refractivity contribution in [3.05, 3.63) is 47.5 Å². The van der Waals surface area contributed by atoms with Gasteiger partial charge in [0.05, 0.1) is 18.5 Å². The van der Waals surface area contributed by atoms with Gasteiger partial charge in [-0.2, -0.15) is 0 Å². The minimum absolute atomic E-state index is 0.423. The van der Waals surface area contributed by atoms with Crippen molar-refractivity contribution in [2.24, 2.45) is 17.8 Å². The minimum Gasteiger partial charge on any atom is -0.549 e. The first-order valence-electron chi connectivity index (χ1n) is 12.4. The van der Waals surface area contributed by atoms with Gasteiger partial charge in [-0.05, 0) is 18.1 Å². The average molecular weight is 515 g/mol. The van der Waals surface area contributed by atoms with Crippen LogP contribution in [0, 0.1) is 17.8 Å². The summed E-state index contributed by atoms with van der Waals surface area (Å²) in [5, 5.41) is 55.7. The fourth-order valence-electron chi connectivity index (χ4n) is 6.43. The Morgan fingerprint density at radius 2 is 1.97 bits per heavy atom. The number of aliphatic hydroxyl groups excluding tert-OH is 4. The lowest BCUT2D eigenvalue weighted by Gasteiger charge is -2.52. The Kier molecular flexibility index (Phi) is 6.21. The highest BCUT2D eigenvalue weighted by Gasteiger charge is 2.57. The standard InChI is InChI=1S/C26H30N2O9/c1-2-11-14-9-16-19-13(12-5-3-4-6-15(12)27-19)7-8-28(16)23(18(14)24(33)34)36-25(11)37-26-22(32)21(31)20(30)17(10-29)35-26/h2-7,11,14,17-18,20-23,25-27,29-32H,1,8-10H2,(H,33,34)/t11-,14-,17-,18-,20-,21+,22-,23+,25+,26+/m0/s1. The molecule has 1 aromatic carbocycles. The molecule has 11 nitrogen and oxygen atoms in total. The van der Waals surface area contributed by atoms with E-state index in [2.05, 4.69) is 17.6 Å². The summed E-state index contributed by atoms with van der Waals surface area (Å²) < 4.78 is 17.7. The fraction of sp³-hybridized carbons (Fsp3) is 0.500. The number of para-hydroxylation sites is 1. The number of carboxylic acid groups (broad SMARTS) is 1. The molecule has 1 unspecified atom stereocenters. The number of rotatable bonds is 5. The van der Waals surface area contributed by atoms with Crippen molar-refractivity contribution in [1.82, 2.24) is 4.98 Å². The number of carbonyl (C=O) groups excluding carboxylic acids is 1. The number of aliphatic carboxylic acids is 1. The van der Waals surface area contributed by atoms with E-state index in [0.717, 1.165) is 32.1 Å². The zero-order chi connectivity index (χ0) is 26.0. The van der Waals surface area contributed by atoms with Crippen molar-refractivity contribution in [2.75, 3.05) is 13.2 Å². The highest BCUT2D eigenvalue weighted by Crippen LogP contribution is 2.42. The summed E-state index contributed by atoms with van der Waals surface area (Å²) in [6, 6.07) is 7.99. The summed E-state index contributed by atoms with van der Waals surface area (Å²) in [6.45, 7) is 3.79. The highest BCUT2D eigenvalue weighted by molar-refractivity contribution is 5.82. The Morgan fingerprint density at radius 3 is 2.70 bits per heavy atom. The van der Waals surface area contributed by atoms with Crippen LogP contribution in [0.2, 0.25) is 0 Å². The maximum absolute atomic E-state index is 12.3. The van der Waals surface area contributed by atoms with E-state index in [0.29, 0.717) is 13.0 Å². The molecule has 2 aromatic rings. The molecule has 6 rings (SSSR count). The number of piperidine rings is 1. The predicted molar refractivity (Wildman–Crippen MR) is 125 cm³/mol. The normalized spacial score (nSPS) is 41.0. The summed E-state index contributed by atoms with van der Waals surface area (Å²) in [7, 11) is 0. The number of ether oxygens (including phenoxy) is 3. The van der Waals surface area contributed by atoms with Crippen molar-refractivity contribution in [3.63, 3.8) is 0 Å². The lowest BCUT2D eigenvalue weighted by atomic mass is 9.71. The number of quaternary nitrogens is 1. The largest absolute Gasteiger partial charge is 0.549 e. The number of benzene rings is 1. The Bertz CT molecular complexity index is 1340. The monoisotopic (exact) mass is 514 g/mol. The molecule has 198 valence electrons. The minimum atomic E-state index is -1.61. The van der Waals surface area contributed by atoms with E-state index in [4.69, 9.17) is 14.2 Å². The topological polar surface area (TPSA) is 169 Å². The molecule has 3 fully saturated rings. The Morgan fingerprint density at radius 1 is 1.19 bits per heavy atom. The molecule has 0 radical (unpaired) electrons. The van der Waals surface area contributed by atoms with Gasteiger partial charge in [0.15, 0.2) is 12.6 Å². The maximum Gasteiger partial charge on any atom is 0.207 e. The van der Waals surface area contributed by atoms with Gasteiger partial charge in [-0.25, -0.2) is 0 Å². The summed E-state index contributed by atoms with van der Waals surface area (Å²) >= 11 is 0. The summed E-state index contributed by atoms with van der Waals surface area (Å²) in [6.07, 6.45) is -5.16. The summed E-state index contributed by atoms with van der Waals surface area (Å²) in [5.41, 5.74) is 2.01. The van der Waals surface area contributed by atoms with Crippen LogP contribution >= 0.6 is 0 Å². The van der Waals surface area contributed by atoms with Crippen molar-refractivity contribution in [3.8, 4) is 0 Å². The van der Waals surface area contributed by atoms with Gasteiger partial charge >= 0.3 is 0 Å². The van der Waals surface area contributed by atoms with Crippen LogP contribution in [0.4, 0.5) is 0 Å². The van der Waals surface area contributed by atoms with Crippen molar-refractivity contribution >= 4 is 28.6 Å². The number of aliphatic hydroxyl groups is 4. The Balaban J connectivity index is 1.37. The van der Waals surface area contributed by atoms with Crippen LogP contribution in [-0.2, 0) is 19.0 Å². The SMILES string of the molecule is C=C[C@@H]1[C@@H](O[C@H]2O[C@@H](CO)[C@H](O)[C@@H](O)[C@@H]2O)O[C@@H]2[C@@H](C(=O)[O-])[C@H]1CC1=c3[nH]c4ccccc4c3=CC[NH+]12. The first-order valence-corrected chi connectivity index (χ1v) is 12.4. The first-order chi connectivity index (χ1) is 17.8. The molecular weight excluding hydrogens is 484 g/mol. The van der Waals surface area contributed by atoms with Gasteiger partial charge < -0.3 is 44.8 Å². The molecule has 37 heavy (non-hydrogen) atoms. The number of hydrogen-bond acceptors (Lipinski definition) is 9. The van der Waals surface area contributed by atoms with E-state index in [9.17, 15) is 30.3 Å². The van der Waals surface area contributed by atoms with Gasteiger partial charge in [-0.1, -0.05) is 24.3 Å². The maximum atomic E-state index is 12.3. The summed E-state index contributed by atoms with van der Waals surface area (Å²) in [5.74, 6) is -3.25. The van der Waals surface area contributed by atoms with E-state index >= 15 is 0 Å². The van der Waals surface area contributed by atoms with Gasteiger partial charge in [0.1, 0.15) is 42.0 Å². The quantitative estimate of drug-likeness (QED) is 0.216. The first kappa shape index (κ1) is 24.7. The summed E-state index contributed by atoms with van der Waals surface area (Å²) in [4.78, 5) is 16.7. The number of H-pyrrole nitrogens is 1. The third kappa shape index (κ3) is 3.77. The van der Waals surface area contributed by atoms with Crippen molar-refractivity contribution in [2.45, 2.75) is 49.6 Å². The van der Waals surface area contributed by atoms with E-state index in [1.54, 1.807) is 6.08 Å². The van der Waals surface area contributed by atoms with Crippen LogP contribution in [0.1, 0.15) is 6.42 Å². The second-order valence-corrected chi connectivity index (χ2v) is 10.2. The van der Waals surface area contributed by atoms with Crippen molar-refractivity contribution in [1.29, 1.82) is 0 Å². The predicted octanol–water partition coefficient (Wildman–Crippen LogP) is -4.36. The molecular formula is C26H30N2O9. The highest BCUT2D eigenvalue weighted by atomic mass is 16.8. The average Bonchev–Trinajstić information content (AvgIpc) is 3.28. The molecule has 6 N–H and O–H groups in total. The number of aromatic amines is 1. The molecule has 3 saturated heterocycles. The third-order valence-electron chi connectivity index (χ3n) is 8.28. The van der Waals surface area contributed by atoms with E-state index in [-0.39, 0.29) is 0 Å². The molecule has 0 aliphatic carbocycles. The van der Waals surface area contributed by atoms with Gasteiger partial charge in [0.2, 0.25) is 6.23 Å².